The number of rotatable bonds is 2. The first-order valence-corrected chi connectivity index (χ1v) is 5.31. The molecule has 0 saturated carbocycles. The Kier molecular flexibility index (Phi) is 3.08. The van der Waals surface area contributed by atoms with Gasteiger partial charge in [0, 0.05) is 5.56 Å². The van der Waals surface area contributed by atoms with Gasteiger partial charge in [0.1, 0.15) is 11.6 Å². The average Bonchev–Trinajstić information content (AvgIpc) is 2.41. The predicted octanol–water partition coefficient (Wildman–Crippen LogP) is 2.56. The lowest BCUT2D eigenvalue weighted by Gasteiger charge is -2.14. The third kappa shape index (κ3) is 2.32. The summed E-state index contributed by atoms with van der Waals surface area (Å²) in [7, 11) is 0. The van der Waals surface area contributed by atoms with Crippen LogP contribution in [0.3, 0.4) is 0 Å². The SMILES string of the molecule is O=C(O)CC1CCCOc2ccc(F)cc21. The summed E-state index contributed by atoms with van der Waals surface area (Å²) in [5.41, 5.74) is 0.680. The Hall–Kier alpha value is -1.58. The summed E-state index contributed by atoms with van der Waals surface area (Å²) in [6.07, 6.45) is 1.55. The van der Waals surface area contributed by atoms with Crippen LogP contribution in [0, 0.1) is 5.82 Å². The Labute approximate surface area is 92.9 Å². The summed E-state index contributed by atoms with van der Waals surface area (Å²) in [5, 5.41) is 8.82. The van der Waals surface area contributed by atoms with Crippen molar-refractivity contribution >= 4 is 5.97 Å². The maximum Gasteiger partial charge on any atom is 0.303 e. The molecule has 0 bridgehead atoms. The molecule has 1 aromatic carbocycles. The van der Waals surface area contributed by atoms with Gasteiger partial charge in [-0.2, -0.15) is 0 Å². The van der Waals surface area contributed by atoms with Gasteiger partial charge in [-0.1, -0.05) is 0 Å². The van der Waals surface area contributed by atoms with Crippen molar-refractivity contribution in [2.45, 2.75) is 25.2 Å². The zero-order valence-corrected chi connectivity index (χ0v) is 8.78. The molecular weight excluding hydrogens is 211 g/mol. The Bertz CT molecular complexity index is 403. The van der Waals surface area contributed by atoms with Gasteiger partial charge < -0.3 is 9.84 Å². The fraction of sp³-hybridized carbons (Fsp3) is 0.417. The predicted molar refractivity (Wildman–Crippen MR) is 56.1 cm³/mol. The van der Waals surface area contributed by atoms with Crippen LogP contribution in [-0.2, 0) is 4.79 Å². The zero-order valence-electron chi connectivity index (χ0n) is 8.78. The highest BCUT2D eigenvalue weighted by atomic mass is 19.1. The highest BCUT2D eigenvalue weighted by molar-refractivity contribution is 5.68. The summed E-state index contributed by atoms with van der Waals surface area (Å²) in [5.74, 6) is -0.738. The third-order valence-corrected chi connectivity index (χ3v) is 2.79. The van der Waals surface area contributed by atoms with Crippen molar-refractivity contribution in [3.8, 4) is 5.75 Å². The normalized spacial score (nSPS) is 19.4. The molecule has 3 nitrogen and oxygen atoms in total. The smallest absolute Gasteiger partial charge is 0.303 e. The molecule has 0 saturated heterocycles. The van der Waals surface area contributed by atoms with Gasteiger partial charge in [0.15, 0.2) is 0 Å². The Balaban J connectivity index is 2.34. The second-order valence-electron chi connectivity index (χ2n) is 3.97. The summed E-state index contributed by atoms with van der Waals surface area (Å²) in [6.45, 7) is 0.564. The maximum atomic E-state index is 13.1. The molecule has 1 aliphatic heterocycles. The minimum Gasteiger partial charge on any atom is -0.493 e. The molecule has 0 radical (unpaired) electrons. The largest absolute Gasteiger partial charge is 0.493 e. The van der Waals surface area contributed by atoms with Gasteiger partial charge >= 0.3 is 5.97 Å². The molecular formula is C12H13FO3. The molecule has 4 heteroatoms. The second-order valence-corrected chi connectivity index (χ2v) is 3.97. The molecule has 1 unspecified atom stereocenters. The average molecular weight is 224 g/mol. The van der Waals surface area contributed by atoms with Crippen LogP contribution in [0.1, 0.15) is 30.7 Å². The van der Waals surface area contributed by atoms with E-state index in [4.69, 9.17) is 9.84 Å². The number of halogens is 1. The van der Waals surface area contributed by atoms with E-state index < -0.39 is 5.97 Å². The van der Waals surface area contributed by atoms with Crippen molar-refractivity contribution < 1.29 is 19.0 Å². The molecule has 0 amide bonds. The van der Waals surface area contributed by atoms with Gasteiger partial charge in [-0.3, -0.25) is 4.79 Å². The summed E-state index contributed by atoms with van der Waals surface area (Å²) in [6, 6.07) is 4.29. The zero-order chi connectivity index (χ0) is 11.5. The van der Waals surface area contributed by atoms with Gasteiger partial charge in [0.2, 0.25) is 0 Å². The highest BCUT2D eigenvalue weighted by Crippen LogP contribution is 2.35. The van der Waals surface area contributed by atoms with Crippen molar-refractivity contribution in [1.29, 1.82) is 0 Å². The maximum absolute atomic E-state index is 13.1. The van der Waals surface area contributed by atoms with E-state index in [-0.39, 0.29) is 18.2 Å². The number of hydrogen-bond acceptors (Lipinski definition) is 2. The molecule has 1 aromatic rings. The van der Waals surface area contributed by atoms with E-state index in [1.807, 2.05) is 0 Å². The third-order valence-electron chi connectivity index (χ3n) is 2.79. The number of benzene rings is 1. The number of carboxylic acids is 1. The van der Waals surface area contributed by atoms with Gasteiger partial charge in [-0.05, 0) is 37.0 Å². The van der Waals surface area contributed by atoms with Gasteiger partial charge in [0.05, 0.1) is 13.0 Å². The minimum absolute atomic E-state index is 0.0276. The summed E-state index contributed by atoms with van der Waals surface area (Å²) in [4.78, 5) is 10.7. The van der Waals surface area contributed by atoms with Crippen molar-refractivity contribution in [1.82, 2.24) is 0 Å². The molecule has 1 heterocycles. The van der Waals surface area contributed by atoms with Gasteiger partial charge in [-0.15, -0.1) is 0 Å². The van der Waals surface area contributed by atoms with Crippen molar-refractivity contribution in [3.05, 3.63) is 29.6 Å². The number of carbonyl (C=O) groups is 1. The first-order chi connectivity index (χ1) is 7.66. The van der Waals surface area contributed by atoms with Crippen LogP contribution in [0.15, 0.2) is 18.2 Å². The van der Waals surface area contributed by atoms with E-state index in [0.29, 0.717) is 17.9 Å². The molecule has 86 valence electrons. The molecule has 1 atom stereocenters. The Morgan fingerprint density at radius 1 is 1.56 bits per heavy atom. The molecule has 1 aliphatic rings. The van der Waals surface area contributed by atoms with E-state index in [9.17, 15) is 9.18 Å². The monoisotopic (exact) mass is 224 g/mol. The number of ether oxygens (including phenoxy) is 1. The van der Waals surface area contributed by atoms with Crippen LogP contribution in [0.25, 0.3) is 0 Å². The lowest BCUT2D eigenvalue weighted by atomic mass is 9.91. The van der Waals surface area contributed by atoms with E-state index in [1.165, 1.54) is 12.1 Å². The number of hydrogen-bond donors (Lipinski definition) is 1. The lowest BCUT2D eigenvalue weighted by Crippen LogP contribution is -2.06. The van der Waals surface area contributed by atoms with Crippen LogP contribution in [0.2, 0.25) is 0 Å². The van der Waals surface area contributed by atoms with Crippen molar-refractivity contribution in [2.24, 2.45) is 0 Å². The molecule has 2 rings (SSSR count). The first-order valence-electron chi connectivity index (χ1n) is 5.31. The second kappa shape index (κ2) is 4.51. The van der Waals surface area contributed by atoms with Crippen LogP contribution < -0.4 is 4.74 Å². The fourth-order valence-electron chi connectivity index (χ4n) is 2.06. The Morgan fingerprint density at radius 2 is 2.38 bits per heavy atom. The van der Waals surface area contributed by atoms with Crippen molar-refractivity contribution in [3.63, 3.8) is 0 Å². The van der Waals surface area contributed by atoms with Crippen LogP contribution >= 0.6 is 0 Å². The van der Waals surface area contributed by atoms with E-state index >= 15 is 0 Å². The standard InChI is InChI=1S/C12H13FO3/c13-9-3-4-11-10(7-9)8(6-12(14)15)2-1-5-16-11/h3-4,7-8H,1-2,5-6H2,(H,14,15). The number of carboxylic acid groups (broad SMARTS) is 1. The highest BCUT2D eigenvalue weighted by Gasteiger charge is 2.22. The quantitative estimate of drug-likeness (QED) is 0.839. The molecule has 0 spiro atoms. The molecule has 0 fully saturated rings. The summed E-state index contributed by atoms with van der Waals surface area (Å²) < 4.78 is 18.6. The number of aliphatic carboxylic acids is 1. The van der Waals surface area contributed by atoms with Crippen LogP contribution in [0.4, 0.5) is 4.39 Å². The van der Waals surface area contributed by atoms with Gasteiger partial charge in [-0.25, -0.2) is 4.39 Å². The molecule has 0 aliphatic carbocycles. The molecule has 0 aromatic heterocycles. The van der Waals surface area contributed by atoms with E-state index in [0.717, 1.165) is 12.8 Å². The summed E-state index contributed by atoms with van der Waals surface area (Å²) >= 11 is 0. The van der Waals surface area contributed by atoms with Gasteiger partial charge in [0.25, 0.3) is 0 Å². The Morgan fingerprint density at radius 3 is 3.12 bits per heavy atom. The minimum atomic E-state index is -0.859. The van der Waals surface area contributed by atoms with E-state index in [1.54, 1.807) is 6.07 Å². The lowest BCUT2D eigenvalue weighted by molar-refractivity contribution is -0.137. The van der Waals surface area contributed by atoms with E-state index in [2.05, 4.69) is 0 Å². The van der Waals surface area contributed by atoms with Crippen LogP contribution in [0.5, 0.6) is 5.75 Å². The van der Waals surface area contributed by atoms with Crippen LogP contribution in [-0.4, -0.2) is 17.7 Å². The molecule has 1 N–H and O–H groups in total. The molecule has 16 heavy (non-hydrogen) atoms. The number of fused-ring (bicyclic) bond motifs is 1. The topological polar surface area (TPSA) is 46.5 Å². The first kappa shape index (κ1) is 10.9. The van der Waals surface area contributed by atoms with Crippen molar-refractivity contribution in [2.75, 3.05) is 6.61 Å². The fourth-order valence-corrected chi connectivity index (χ4v) is 2.06.